The number of likely N-dealkylation sites (N-methyl/N-ethyl adjacent to an activating group) is 1. The third kappa shape index (κ3) is 2.73. The van der Waals surface area contributed by atoms with Gasteiger partial charge in [-0.3, -0.25) is 0 Å². The first-order valence-electron chi connectivity index (χ1n) is 7.35. The lowest BCUT2D eigenvalue weighted by molar-refractivity contribution is -0.0306. The number of hydrogen-bond acceptors (Lipinski definition) is 6. The van der Waals surface area contributed by atoms with Gasteiger partial charge < -0.3 is 19.3 Å². The first-order valence-corrected chi connectivity index (χ1v) is 7.35. The Balaban J connectivity index is 2.23. The monoisotopic (exact) mass is 283 g/mol. The number of methoxy groups -OCH3 is 1. The van der Waals surface area contributed by atoms with Gasteiger partial charge in [0, 0.05) is 19.8 Å². The van der Waals surface area contributed by atoms with Crippen molar-refractivity contribution >= 4 is 0 Å². The molecule has 2 rings (SSSR count). The molecule has 1 aliphatic heterocycles. The molecule has 0 amide bonds. The van der Waals surface area contributed by atoms with Crippen LogP contribution < -0.4 is 5.32 Å². The number of ether oxygens (including phenoxy) is 2. The van der Waals surface area contributed by atoms with Gasteiger partial charge in [0.15, 0.2) is 0 Å². The molecule has 0 bridgehead atoms. The lowest BCUT2D eigenvalue weighted by Gasteiger charge is -2.29. The first kappa shape index (κ1) is 15.4. The van der Waals surface area contributed by atoms with Crippen LogP contribution in [-0.2, 0) is 15.1 Å². The molecule has 0 radical (unpaired) electrons. The molecule has 1 aliphatic rings. The maximum atomic E-state index is 5.64. The Morgan fingerprint density at radius 3 is 2.75 bits per heavy atom. The third-order valence-corrected chi connectivity index (χ3v) is 4.43. The van der Waals surface area contributed by atoms with Crippen LogP contribution in [0.3, 0.4) is 0 Å². The molecule has 1 saturated heterocycles. The van der Waals surface area contributed by atoms with Crippen molar-refractivity contribution in [3.63, 3.8) is 0 Å². The fourth-order valence-electron chi connectivity index (χ4n) is 2.84. The zero-order chi connectivity index (χ0) is 14.6. The molecule has 0 aromatic carbocycles. The highest BCUT2D eigenvalue weighted by molar-refractivity contribution is 5.06. The standard InChI is InChI=1S/C14H25N3O3/c1-5-14(6-2,18-4)13-16-12(20-17-13)10-9-19-8-7-11(10)15-3/h10-11,15H,5-9H2,1-4H3. The van der Waals surface area contributed by atoms with Crippen LogP contribution in [-0.4, -0.2) is 43.6 Å². The Morgan fingerprint density at radius 1 is 1.40 bits per heavy atom. The fraction of sp³-hybridized carbons (Fsp3) is 0.857. The summed E-state index contributed by atoms with van der Waals surface area (Å²) in [7, 11) is 3.65. The molecule has 114 valence electrons. The molecule has 2 atom stereocenters. The van der Waals surface area contributed by atoms with Crippen molar-refractivity contribution in [2.45, 2.75) is 50.7 Å². The van der Waals surface area contributed by atoms with E-state index >= 15 is 0 Å². The Labute approximate surface area is 120 Å². The van der Waals surface area contributed by atoms with Crippen LogP contribution in [0.2, 0.25) is 0 Å². The highest BCUT2D eigenvalue weighted by Crippen LogP contribution is 2.32. The van der Waals surface area contributed by atoms with Crippen LogP contribution in [0.5, 0.6) is 0 Å². The average Bonchev–Trinajstić information content (AvgIpc) is 3.00. The topological polar surface area (TPSA) is 69.4 Å². The van der Waals surface area contributed by atoms with E-state index in [1.54, 1.807) is 7.11 Å². The molecule has 1 N–H and O–H groups in total. The van der Waals surface area contributed by atoms with Gasteiger partial charge in [-0.15, -0.1) is 0 Å². The van der Waals surface area contributed by atoms with Crippen LogP contribution in [0.4, 0.5) is 0 Å². The second-order valence-electron chi connectivity index (χ2n) is 5.23. The average molecular weight is 283 g/mol. The van der Waals surface area contributed by atoms with Crippen molar-refractivity contribution in [1.82, 2.24) is 15.5 Å². The molecule has 6 nitrogen and oxygen atoms in total. The molecular formula is C14H25N3O3. The van der Waals surface area contributed by atoms with Gasteiger partial charge in [0.2, 0.25) is 11.7 Å². The normalized spacial score (nSPS) is 24.0. The van der Waals surface area contributed by atoms with Gasteiger partial charge in [-0.05, 0) is 26.3 Å². The van der Waals surface area contributed by atoms with Crippen molar-refractivity contribution in [3.05, 3.63) is 11.7 Å². The van der Waals surface area contributed by atoms with Crippen molar-refractivity contribution in [2.24, 2.45) is 0 Å². The van der Waals surface area contributed by atoms with E-state index < -0.39 is 5.60 Å². The number of nitrogens with zero attached hydrogens (tertiary/aromatic N) is 2. The van der Waals surface area contributed by atoms with E-state index in [4.69, 9.17) is 14.0 Å². The molecule has 2 heterocycles. The fourth-order valence-corrected chi connectivity index (χ4v) is 2.84. The van der Waals surface area contributed by atoms with Gasteiger partial charge in [-0.25, -0.2) is 0 Å². The maximum Gasteiger partial charge on any atom is 0.233 e. The smallest absolute Gasteiger partial charge is 0.233 e. The van der Waals surface area contributed by atoms with E-state index in [-0.39, 0.29) is 5.92 Å². The quantitative estimate of drug-likeness (QED) is 0.859. The maximum absolute atomic E-state index is 5.64. The van der Waals surface area contributed by atoms with E-state index in [1.165, 1.54) is 0 Å². The molecule has 0 spiro atoms. The molecule has 20 heavy (non-hydrogen) atoms. The predicted octanol–water partition coefficient (Wildman–Crippen LogP) is 1.82. The number of nitrogens with one attached hydrogen (secondary N) is 1. The molecule has 0 aliphatic carbocycles. The first-order chi connectivity index (χ1) is 9.70. The van der Waals surface area contributed by atoms with Crippen molar-refractivity contribution < 1.29 is 14.0 Å². The summed E-state index contributed by atoms with van der Waals surface area (Å²) in [6, 6.07) is 0.317. The van der Waals surface area contributed by atoms with Gasteiger partial charge in [-0.2, -0.15) is 4.98 Å². The Kier molecular flexibility index (Phi) is 5.12. The molecule has 1 aromatic rings. The molecular weight excluding hydrogens is 258 g/mol. The minimum Gasteiger partial charge on any atom is -0.381 e. The predicted molar refractivity (Wildman–Crippen MR) is 74.6 cm³/mol. The van der Waals surface area contributed by atoms with Crippen LogP contribution in [0.25, 0.3) is 0 Å². The Morgan fingerprint density at radius 2 is 2.15 bits per heavy atom. The van der Waals surface area contributed by atoms with E-state index in [9.17, 15) is 0 Å². The van der Waals surface area contributed by atoms with Crippen LogP contribution in [0.15, 0.2) is 4.52 Å². The summed E-state index contributed by atoms with van der Waals surface area (Å²) in [5, 5.41) is 7.45. The summed E-state index contributed by atoms with van der Waals surface area (Å²) in [4.78, 5) is 4.59. The van der Waals surface area contributed by atoms with Gasteiger partial charge >= 0.3 is 0 Å². The van der Waals surface area contributed by atoms with Gasteiger partial charge in [0.05, 0.1) is 12.5 Å². The molecule has 1 aromatic heterocycles. The van der Waals surface area contributed by atoms with E-state index in [0.29, 0.717) is 24.4 Å². The minimum absolute atomic E-state index is 0.110. The zero-order valence-corrected chi connectivity index (χ0v) is 12.8. The van der Waals surface area contributed by atoms with Crippen molar-refractivity contribution in [2.75, 3.05) is 27.4 Å². The highest BCUT2D eigenvalue weighted by Gasteiger charge is 2.36. The number of hydrogen-bond donors (Lipinski definition) is 1. The highest BCUT2D eigenvalue weighted by atomic mass is 16.5. The number of aromatic nitrogens is 2. The minimum atomic E-state index is -0.452. The molecule has 1 fully saturated rings. The largest absolute Gasteiger partial charge is 0.381 e. The SMILES string of the molecule is CCC(CC)(OC)c1noc(C2COCCC2NC)n1. The Hall–Kier alpha value is -0.980. The van der Waals surface area contributed by atoms with Gasteiger partial charge in [0.1, 0.15) is 5.60 Å². The van der Waals surface area contributed by atoms with Gasteiger partial charge in [-0.1, -0.05) is 19.0 Å². The second-order valence-corrected chi connectivity index (χ2v) is 5.23. The lowest BCUT2D eigenvalue weighted by Crippen LogP contribution is -2.39. The summed E-state index contributed by atoms with van der Waals surface area (Å²) in [5.41, 5.74) is -0.452. The molecule has 6 heteroatoms. The van der Waals surface area contributed by atoms with Gasteiger partial charge in [0.25, 0.3) is 0 Å². The number of rotatable bonds is 6. The van der Waals surface area contributed by atoms with Crippen LogP contribution >= 0.6 is 0 Å². The third-order valence-electron chi connectivity index (χ3n) is 4.43. The van der Waals surface area contributed by atoms with E-state index in [2.05, 4.69) is 29.3 Å². The summed E-state index contributed by atoms with van der Waals surface area (Å²) in [6.45, 7) is 5.53. The summed E-state index contributed by atoms with van der Waals surface area (Å²) in [5.74, 6) is 1.39. The summed E-state index contributed by atoms with van der Waals surface area (Å²) < 4.78 is 16.7. The van der Waals surface area contributed by atoms with Crippen LogP contribution in [0, 0.1) is 0 Å². The lowest BCUT2D eigenvalue weighted by atomic mass is 9.94. The Bertz CT molecular complexity index is 409. The van der Waals surface area contributed by atoms with Crippen molar-refractivity contribution in [3.8, 4) is 0 Å². The summed E-state index contributed by atoms with van der Waals surface area (Å²) in [6.07, 6.45) is 2.58. The molecule has 0 saturated carbocycles. The molecule has 2 unspecified atom stereocenters. The van der Waals surface area contributed by atoms with E-state index in [1.807, 2.05) is 7.05 Å². The van der Waals surface area contributed by atoms with Crippen molar-refractivity contribution in [1.29, 1.82) is 0 Å². The van der Waals surface area contributed by atoms with E-state index in [0.717, 1.165) is 25.9 Å². The summed E-state index contributed by atoms with van der Waals surface area (Å²) >= 11 is 0. The second kappa shape index (κ2) is 6.65. The van der Waals surface area contributed by atoms with Crippen LogP contribution in [0.1, 0.15) is 50.7 Å². The zero-order valence-electron chi connectivity index (χ0n) is 12.8.